The largest absolute Gasteiger partial charge is 0.457 e. The molecule has 16 heteroatoms. The van der Waals surface area contributed by atoms with Crippen LogP contribution >= 0.6 is 0 Å². The van der Waals surface area contributed by atoms with Gasteiger partial charge in [-0.2, -0.15) is 0 Å². The van der Waals surface area contributed by atoms with E-state index in [4.69, 9.17) is 60.8 Å². The molecule has 0 heterocycles. The van der Waals surface area contributed by atoms with Crippen LogP contribution in [0.2, 0.25) is 0 Å². The summed E-state index contributed by atoms with van der Waals surface area (Å²) in [6.07, 6.45) is -2.67. The molecular weight excluding hydrogens is 885 g/mol. The van der Waals surface area contributed by atoms with Gasteiger partial charge in [0.25, 0.3) is 0 Å². The monoisotopic (exact) mass is 973 g/mol. The van der Waals surface area contributed by atoms with Gasteiger partial charge >= 0.3 is 23.9 Å². The minimum Gasteiger partial charge on any atom is -0.457 e. The molecule has 8 N–H and O–H groups in total. The van der Waals surface area contributed by atoms with Crippen LogP contribution < -0.4 is 22.9 Å². The molecule has 4 unspecified atom stereocenters. The van der Waals surface area contributed by atoms with E-state index in [1.54, 1.807) is 125 Å². The Balaban J connectivity index is -0.00000171. The fourth-order valence-electron chi connectivity index (χ4n) is 5.63. The first-order valence-electron chi connectivity index (χ1n) is 19.7. The number of esters is 4. The Morgan fingerprint density at radius 1 is 0.348 bits per heavy atom. The molecule has 0 saturated carbocycles. The number of rotatable bonds is 24. The van der Waals surface area contributed by atoms with Gasteiger partial charge in [-0.25, -0.2) is 19.2 Å². The minimum absolute atomic E-state index is 0. The van der Waals surface area contributed by atoms with Crippen molar-refractivity contribution in [2.75, 3.05) is 75.8 Å². The van der Waals surface area contributed by atoms with Crippen LogP contribution in [0.3, 0.4) is 0 Å². The lowest BCUT2D eigenvalue weighted by molar-refractivity contribution is -0.130. The molecule has 4 aromatic rings. The molecule has 0 saturated heterocycles. The summed E-state index contributed by atoms with van der Waals surface area (Å²) in [4.78, 5) is 51.1. The Morgan fingerprint density at radius 3 is 0.667 bits per heavy atom. The van der Waals surface area contributed by atoms with Crippen molar-refractivity contribution < 1.29 is 57.1 Å². The van der Waals surface area contributed by atoms with E-state index in [0.29, 0.717) is 45.0 Å². The molecule has 0 amide bonds. The van der Waals surface area contributed by atoms with Crippen LogP contribution in [0, 0.1) is 5.41 Å². The van der Waals surface area contributed by atoms with Crippen molar-refractivity contribution in [2.24, 2.45) is 5.41 Å². The topological polar surface area (TPSA) is 246 Å². The molecule has 0 bridgehead atoms. The van der Waals surface area contributed by atoms with E-state index in [-0.39, 0.29) is 112 Å². The number of nitrogens with two attached hydrogens (primary N) is 4. The van der Waals surface area contributed by atoms with Crippen molar-refractivity contribution in [2.45, 2.75) is 112 Å². The lowest BCUT2D eigenvalue weighted by Crippen LogP contribution is -2.44. The van der Waals surface area contributed by atoms with Crippen molar-refractivity contribution >= 4 is 46.6 Å². The summed E-state index contributed by atoms with van der Waals surface area (Å²) < 4.78 is 47.1. The first kappa shape index (κ1) is 71.8. The number of carbonyl (C=O) groups excluding carboxylic acids is 4. The quantitative estimate of drug-likeness (QED) is 0.0290. The van der Waals surface area contributed by atoms with E-state index in [9.17, 15) is 19.2 Å². The number of hydrogen-bond donors (Lipinski definition) is 4. The van der Waals surface area contributed by atoms with Crippen molar-refractivity contribution in [3.8, 4) is 0 Å². The lowest BCUT2D eigenvalue weighted by atomic mass is 9.92. The molecule has 0 aliphatic rings. The summed E-state index contributed by atoms with van der Waals surface area (Å²) in [6, 6.07) is 25.4. The Labute approximate surface area is 414 Å². The molecule has 69 heavy (non-hydrogen) atoms. The summed E-state index contributed by atoms with van der Waals surface area (Å²) >= 11 is 0. The van der Waals surface area contributed by atoms with Gasteiger partial charge in [0.15, 0.2) is 0 Å². The van der Waals surface area contributed by atoms with E-state index < -0.39 is 53.7 Å². The highest BCUT2D eigenvalue weighted by atomic mass is 16.6. The molecule has 392 valence electrons. The van der Waals surface area contributed by atoms with Crippen LogP contribution in [0.5, 0.6) is 0 Å². The van der Waals surface area contributed by atoms with Gasteiger partial charge in [-0.3, -0.25) is 0 Å². The van der Waals surface area contributed by atoms with Crippen LogP contribution in [-0.4, -0.2) is 101 Å². The van der Waals surface area contributed by atoms with Crippen molar-refractivity contribution in [3.05, 3.63) is 119 Å². The van der Waals surface area contributed by atoms with E-state index >= 15 is 0 Å². The first-order valence-corrected chi connectivity index (χ1v) is 19.7. The van der Waals surface area contributed by atoms with Gasteiger partial charge in [-0.05, 0) is 125 Å². The van der Waals surface area contributed by atoms with Crippen LogP contribution in [0.1, 0.15) is 129 Å². The average molecular weight is 973 g/mol. The van der Waals surface area contributed by atoms with Crippen LogP contribution in [-0.2, 0) is 37.9 Å². The third kappa shape index (κ3) is 25.1. The zero-order valence-electron chi connectivity index (χ0n) is 34.9. The molecule has 0 radical (unpaired) electrons. The third-order valence-corrected chi connectivity index (χ3v) is 8.86. The molecule has 0 aromatic heterocycles. The molecule has 0 spiro atoms. The first-order chi connectivity index (χ1) is 29.1. The van der Waals surface area contributed by atoms with Crippen molar-refractivity contribution in [1.82, 2.24) is 0 Å². The highest BCUT2D eigenvalue weighted by Crippen LogP contribution is 2.23. The third-order valence-electron chi connectivity index (χ3n) is 8.86. The Hall–Kier alpha value is -6.20. The second kappa shape index (κ2) is 35.9. The second-order valence-corrected chi connectivity index (χ2v) is 14.9. The minimum atomic E-state index is -1.05. The Morgan fingerprint density at radius 2 is 0.507 bits per heavy atom. The Kier molecular flexibility index (Phi) is 37.3. The zero-order valence-corrected chi connectivity index (χ0v) is 34.9. The van der Waals surface area contributed by atoms with E-state index in [0.717, 1.165) is 0 Å². The molecule has 0 fully saturated rings. The molecule has 0 aliphatic heterocycles. The van der Waals surface area contributed by atoms with Crippen molar-refractivity contribution in [3.63, 3.8) is 0 Å². The van der Waals surface area contributed by atoms with Gasteiger partial charge in [0.05, 0.1) is 80.5 Å². The number of ether oxygens (including phenoxy) is 8. The van der Waals surface area contributed by atoms with Gasteiger partial charge in [0, 0.05) is 22.7 Å². The summed E-state index contributed by atoms with van der Waals surface area (Å²) in [7, 11) is 0. The predicted molar refractivity (Wildman–Crippen MR) is 282 cm³/mol. The highest BCUT2D eigenvalue weighted by molar-refractivity contribution is 5.91. The maximum Gasteiger partial charge on any atom is 0.338 e. The maximum absolute atomic E-state index is 12.8. The smallest absolute Gasteiger partial charge is 0.338 e. The molecule has 4 aromatic carbocycles. The predicted octanol–water partition coefficient (Wildman–Crippen LogP) is 10.4. The molecular formula is C53H88N4O12. The van der Waals surface area contributed by atoms with Crippen LogP contribution in [0.25, 0.3) is 0 Å². The second-order valence-electron chi connectivity index (χ2n) is 14.9. The van der Waals surface area contributed by atoms with E-state index in [2.05, 4.69) is 0 Å². The number of anilines is 4. The summed E-state index contributed by atoms with van der Waals surface area (Å²) in [5.74, 6) is -2.20. The van der Waals surface area contributed by atoms with Crippen LogP contribution in [0.15, 0.2) is 97.1 Å². The summed E-state index contributed by atoms with van der Waals surface area (Å²) in [5.41, 5.74) is 25.3. The number of benzene rings is 4. The van der Waals surface area contributed by atoms with E-state index in [1.165, 1.54) is 0 Å². The van der Waals surface area contributed by atoms with Gasteiger partial charge in [0.2, 0.25) is 0 Å². The zero-order chi connectivity index (χ0) is 44.4. The van der Waals surface area contributed by atoms with Crippen LogP contribution in [0.4, 0.5) is 22.7 Å². The van der Waals surface area contributed by atoms with E-state index in [1.807, 2.05) is 0 Å². The molecule has 16 nitrogen and oxygen atoms in total. The van der Waals surface area contributed by atoms with Gasteiger partial charge in [0.1, 0.15) is 24.4 Å². The van der Waals surface area contributed by atoms with Gasteiger partial charge < -0.3 is 60.8 Å². The maximum atomic E-state index is 12.8. The standard InChI is InChI=1S/C45H56N4O12.8CH4/c1-29(58-41(50)33-5-13-37(46)14-6-33)21-54-25-45(26-55-22-30(2)59-42(51)34-7-15-38(47)16-8-34,27-56-23-31(3)60-43(52)35-9-17-39(48)18-10-35)28-57-24-32(4)61-44(53)36-11-19-40(49)20-12-36;;;;;;;;/h5-20,29-32H,21-28,46-49H2,1-4H3;8*1H4. The normalized spacial score (nSPS) is 12.5. The van der Waals surface area contributed by atoms with Gasteiger partial charge in [-0.1, -0.05) is 59.4 Å². The fourth-order valence-corrected chi connectivity index (χ4v) is 5.63. The molecule has 4 rings (SSSR count). The molecule has 0 aliphatic carbocycles. The molecule has 4 atom stereocenters. The summed E-state index contributed by atoms with van der Waals surface area (Å²) in [5, 5.41) is 0. The Bertz CT molecular complexity index is 1710. The number of carbonyl (C=O) groups is 4. The fraction of sp³-hybridized carbons (Fsp3) is 0.472. The van der Waals surface area contributed by atoms with Crippen molar-refractivity contribution in [1.29, 1.82) is 0 Å². The highest BCUT2D eigenvalue weighted by Gasteiger charge is 2.34. The lowest BCUT2D eigenvalue weighted by Gasteiger charge is -2.34. The number of nitrogen functional groups attached to an aromatic ring is 4. The summed E-state index contributed by atoms with van der Waals surface area (Å²) in [6.45, 7) is 6.57. The van der Waals surface area contributed by atoms with Gasteiger partial charge in [-0.15, -0.1) is 0 Å². The number of hydrogen-bond acceptors (Lipinski definition) is 16. The average Bonchev–Trinajstić information content (AvgIpc) is 3.21. The SMILES string of the molecule is C.C.C.C.C.C.C.C.CC(COCC(COCC(C)OC(=O)c1ccc(N)cc1)(COCC(C)OC(=O)c1ccc(N)cc1)COCC(C)OC(=O)c1ccc(N)cc1)OC(=O)c1ccc(N)cc1.